The third-order valence-electron chi connectivity index (χ3n) is 3.00. The second kappa shape index (κ2) is 4.95. The molecule has 0 spiro atoms. The Morgan fingerprint density at radius 2 is 2.56 bits per heavy atom. The maximum absolute atomic E-state index is 8.89. The number of nitrogens with one attached hydrogen (secondary N) is 1. The zero-order valence-electron chi connectivity index (χ0n) is 9.31. The van der Waals surface area contributed by atoms with Gasteiger partial charge in [0, 0.05) is 25.3 Å². The molecule has 2 rings (SSSR count). The number of rotatable bonds is 3. The highest BCUT2D eigenvalue weighted by molar-refractivity contribution is 5.53. The quantitative estimate of drug-likeness (QED) is 0.838. The molecule has 0 amide bonds. The van der Waals surface area contributed by atoms with E-state index in [2.05, 4.69) is 23.3 Å². The van der Waals surface area contributed by atoms with Crippen LogP contribution in [0, 0.1) is 17.2 Å². The number of hydrogen-bond acceptors (Lipinski definition) is 4. The van der Waals surface area contributed by atoms with Gasteiger partial charge in [0.05, 0.1) is 11.8 Å². The van der Waals surface area contributed by atoms with Crippen LogP contribution >= 0.6 is 0 Å². The molecule has 2 atom stereocenters. The Morgan fingerprint density at radius 1 is 1.69 bits per heavy atom. The summed E-state index contributed by atoms with van der Waals surface area (Å²) in [6, 6.07) is 5.79. The molecule has 16 heavy (non-hydrogen) atoms. The van der Waals surface area contributed by atoms with Gasteiger partial charge >= 0.3 is 0 Å². The second-order valence-corrected chi connectivity index (χ2v) is 4.02. The van der Waals surface area contributed by atoms with E-state index in [9.17, 15) is 0 Å². The summed E-state index contributed by atoms with van der Waals surface area (Å²) in [6.07, 6.45) is 3.01. The van der Waals surface area contributed by atoms with E-state index in [0.717, 1.165) is 25.3 Å². The smallest absolute Gasteiger partial charge is 0.163 e. The van der Waals surface area contributed by atoms with Gasteiger partial charge in [-0.15, -0.1) is 0 Å². The van der Waals surface area contributed by atoms with Crippen molar-refractivity contribution < 1.29 is 4.74 Å². The standard InChI is InChI=1S/C12H15N3O/c1-9-10(4-6-16-9)8-15-11-3-2-5-14-12(11)7-13/h2-3,5,9-10,15H,4,6,8H2,1H3. The fourth-order valence-corrected chi connectivity index (χ4v) is 1.92. The molecule has 4 heteroatoms. The average molecular weight is 217 g/mol. The fourth-order valence-electron chi connectivity index (χ4n) is 1.92. The minimum absolute atomic E-state index is 0.301. The molecule has 1 aromatic rings. The molecule has 0 aliphatic carbocycles. The number of aromatic nitrogens is 1. The monoisotopic (exact) mass is 217 g/mol. The van der Waals surface area contributed by atoms with Crippen molar-refractivity contribution >= 4 is 5.69 Å². The van der Waals surface area contributed by atoms with Crippen LogP contribution < -0.4 is 5.32 Å². The molecule has 4 nitrogen and oxygen atoms in total. The molecular formula is C12H15N3O. The van der Waals surface area contributed by atoms with Crippen molar-refractivity contribution in [3.05, 3.63) is 24.0 Å². The first kappa shape index (κ1) is 10.9. The van der Waals surface area contributed by atoms with Gasteiger partial charge in [-0.2, -0.15) is 5.26 Å². The van der Waals surface area contributed by atoms with Gasteiger partial charge in [0.2, 0.25) is 0 Å². The van der Waals surface area contributed by atoms with Crippen molar-refractivity contribution in [1.82, 2.24) is 4.98 Å². The van der Waals surface area contributed by atoms with Crippen molar-refractivity contribution in [2.75, 3.05) is 18.5 Å². The first-order valence-corrected chi connectivity index (χ1v) is 5.52. The molecule has 1 aromatic heterocycles. The number of nitrogens with zero attached hydrogens (tertiary/aromatic N) is 2. The predicted octanol–water partition coefficient (Wildman–Crippen LogP) is 1.79. The van der Waals surface area contributed by atoms with Gasteiger partial charge in [0.25, 0.3) is 0 Å². The highest BCUT2D eigenvalue weighted by atomic mass is 16.5. The predicted molar refractivity (Wildman–Crippen MR) is 61.0 cm³/mol. The molecule has 0 radical (unpaired) electrons. The third-order valence-corrected chi connectivity index (χ3v) is 3.00. The van der Waals surface area contributed by atoms with Crippen molar-refractivity contribution in [3.8, 4) is 6.07 Å². The summed E-state index contributed by atoms with van der Waals surface area (Å²) in [7, 11) is 0. The summed E-state index contributed by atoms with van der Waals surface area (Å²) in [4.78, 5) is 4.01. The minimum Gasteiger partial charge on any atom is -0.382 e. The van der Waals surface area contributed by atoms with Gasteiger partial charge in [0.15, 0.2) is 5.69 Å². The number of nitriles is 1. The largest absolute Gasteiger partial charge is 0.382 e. The molecule has 1 aliphatic rings. The van der Waals surface area contributed by atoms with Crippen molar-refractivity contribution in [3.63, 3.8) is 0 Å². The van der Waals surface area contributed by atoms with Crippen LogP contribution in [-0.4, -0.2) is 24.2 Å². The molecule has 2 heterocycles. The van der Waals surface area contributed by atoms with E-state index in [-0.39, 0.29) is 0 Å². The Balaban J connectivity index is 1.97. The van der Waals surface area contributed by atoms with Gasteiger partial charge in [0.1, 0.15) is 6.07 Å². The van der Waals surface area contributed by atoms with Crippen molar-refractivity contribution in [2.45, 2.75) is 19.4 Å². The van der Waals surface area contributed by atoms with E-state index in [1.807, 2.05) is 12.1 Å². The van der Waals surface area contributed by atoms with Crippen molar-refractivity contribution in [2.24, 2.45) is 5.92 Å². The molecule has 1 N–H and O–H groups in total. The van der Waals surface area contributed by atoms with Gasteiger partial charge in [-0.05, 0) is 25.5 Å². The normalized spacial score (nSPS) is 24.0. The number of ether oxygens (including phenoxy) is 1. The Bertz CT molecular complexity index is 399. The van der Waals surface area contributed by atoms with Gasteiger partial charge in [-0.3, -0.25) is 0 Å². The Kier molecular flexibility index (Phi) is 3.37. The summed E-state index contributed by atoms with van der Waals surface area (Å²) in [5, 5.41) is 12.2. The van der Waals surface area contributed by atoms with Crippen LogP contribution in [0.4, 0.5) is 5.69 Å². The molecule has 0 aromatic carbocycles. The summed E-state index contributed by atoms with van der Waals surface area (Å²) >= 11 is 0. The Morgan fingerprint density at radius 3 is 3.25 bits per heavy atom. The zero-order valence-corrected chi connectivity index (χ0v) is 9.31. The average Bonchev–Trinajstić information content (AvgIpc) is 2.72. The molecule has 1 saturated heterocycles. The van der Waals surface area contributed by atoms with Crippen molar-refractivity contribution in [1.29, 1.82) is 5.26 Å². The number of pyridine rings is 1. The molecule has 2 unspecified atom stereocenters. The van der Waals surface area contributed by atoms with Crippen LogP contribution in [0.1, 0.15) is 19.0 Å². The van der Waals surface area contributed by atoms with Gasteiger partial charge < -0.3 is 10.1 Å². The lowest BCUT2D eigenvalue weighted by Gasteiger charge is -2.15. The van der Waals surface area contributed by atoms with E-state index >= 15 is 0 Å². The van der Waals surface area contributed by atoms with Gasteiger partial charge in [-0.25, -0.2) is 4.98 Å². The summed E-state index contributed by atoms with van der Waals surface area (Å²) in [5.41, 5.74) is 1.26. The van der Waals surface area contributed by atoms with Crippen LogP contribution in [0.2, 0.25) is 0 Å². The van der Waals surface area contributed by atoms with E-state index in [0.29, 0.717) is 17.7 Å². The second-order valence-electron chi connectivity index (χ2n) is 4.02. The maximum atomic E-state index is 8.89. The summed E-state index contributed by atoms with van der Waals surface area (Å²) < 4.78 is 5.49. The van der Waals surface area contributed by atoms with E-state index < -0.39 is 0 Å². The number of anilines is 1. The van der Waals surface area contributed by atoms with E-state index in [1.54, 1.807) is 6.20 Å². The number of hydrogen-bond donors (Lipinski definition) is 1. The summed E-state index contributed by atoms with van der Waals surface area (Å²) in [6.45, 7) is 3.76. The molecular weight excluding hydrogens is 202 g/mol. The summed E-state index contributed by atoms with van der Waals surface area (Å²) in [5.74, 6) is 0.520. The highest BCUT2D eigenvalue weighted by Gasteiger charge is 2.23. The molecule has 84 valence electrons. The lowest BCUT2D eigenvalue weighted by molar-refractivity contribution is 0.108. The van der Waals surface area contributed by atoms with Gasteiger partial charge in [-0.1, -0.05) is 0 Å². The molecule has 0 bridgehead atoms. The topological polar surface area (TPSA) is 57.9 Å². The van der Waals surface area contributed by atoms with Crippen LogP contribution in [0.25, 0.3) is 0 Å². The van der Waals surface area contributed by atoms with E-state index in [1.165, 1.54) is 0 Å². The van der Waals surface area contributed by atoms with Crippen LogP contribution in [0.15, 0.2) is 18.3 Å². The first-order chi connectivity index (χ1) is 7.81. The third kappa shape index (κ3) is 2.31. The lowest BCUT2D eigenvalue weighted by Crippen LogP contribution is -2.21. The van der Waals surface area contributed by atoms with Crippen LogP contribution in [-0.2, 0) is 4.74 Å². The van der Waals surface area contributed by atoms with Crippen LogP contribution in [0.3, 0.4) is 0 Å². The lowest BCUT2D eigenvalue weighted by atomic mass is 10.0. The molecule has 1 aliphatic heterocycles. The fraction of sp³-hybridized carbons (Fsp3) is 0.500. The first-order valence-electron chi connectivity index (χ1n) is 5.52. The molecule has 1 fully saturated rings. The Labute approximate surface area is 95.3 Å². The van der Waals surface area contributed by atoms with Crippen LogP contribution in [0.5, 0.6) is 0 Å². The zero-order chi connectivity index (χ0) is 11.4. The van der Waals surface area contributed by atoms with E-state index in [4.69, 9.17) is 10.00 Å². The molecule has 0 saturated carbocycles. The SMILES string of the molecule is CC1OCCC1CNc1cccnc1C#N. The Hall–Kier alpha value is -1.60. The highest BCUT2D eigenvalue weighted by Crippen LogP contribution is 2.21. The maximum Gasteiger partial charge on any atom is 0.163 e. The minimum atomic E-state index is 0.301.